The lowest BCUT2D eigenvalue weighted by atomic mass is 9.73. The van der Waals surface area contributed by atoms with Crippen molar-refractivity contribution in [2.75, 3.05) is 4.90 Å². The van der Waals surface area contributed by atoms with E-state index >= 15 is 0 Å². The van der Waals surface area contributed by atoms with E-state index in [0.717, 1.165) is 4.47 Å². The molecule has 0 radical (unpaired) electrons. The highest BCUT2D eigenvalue weighted by atomic mass is 79.9. The van der Waals surface area contributed by atoms with Crippen molar-refractivity contribution in [3.63, 3.8) is 0 Å². The summed E-state index contributed by atoms with van der Waals surface area (Å²) < 4.78 is 1.12. The van der Waals surface area contributed by atoms with E-state index in [9.17, 15) is 0 Å². The number of para-hydroxylation sites is 1. The molecule has 0 aromatic heterocycles. The molecule has 0 aliphatic carbocycles. The molecule has 4 aromatic rings. The Morgan fingerprint density at radius 2 is 1.37 bits per heavy atom. The summed E-state index contributed by atoms with van der Waals surface area (Å²) in [5.74, 6) is 0. The van der Waals surface area contributed by atoms with Crippen LogP contribution in [-0.4, -0.2) is 0 Å². The molecule has 0 N–H and O–H groups in total. The molecule has 0 unspecified atom stereocenters. The van der Waals surface area contributed by atoms with E-state index < -0.39 is 0 Å². The summed E-state index contributed by atoms with van der Waals surface area (Å²) >= 11 is 3.67. The minimum absolute atomic E-state index is 0.0525. The van der Waals surface area contributed by atoms with Crippen LogP contribution in [0.2, 0.25) is 0 Å². The molecule has 2 heteroatoms. The van der Waals surface area contributed by atoms with Crippen LogP contribution in [0, 0.1) is 0 Å². The highest BCUT2D eigenvalue weighted by molar-refractivity contribution is 9.10. The number of anilines is 3. The second kappa shape index (κ2) is 5.97. The van der Waals surface area contributed by atoms with Gasteiger partial charge in [0, 0.05) is 15.6 Å². The van der Waals surface area contributed by atoms with Crippen molar-refractivity contribution >= 4 is 43.8 Å². The summed E-state index contributed by atoms with van der Waals surface area (Å²) in [6.45, 7) is 4.63. The van der Waals surface area contributed by atoms with E-state index in [1.54, 1.807) is 0 Å². The Kier molecular flexibility index (Phi) is 3.66. The van der Waals surface area contributed by atoms with Crippen molar-refractivity contribution in [2.45, 2.75) is 19.3 Å². The molecule has 0 saturated heterocycles. The fraction of sp³-hybridized carbons (Fsp3) is 0.120. The summed E-state index contributed by atoms with van der Waals surface area (Å²) in [4.78, 5) is 2.40. The predicted molar refractivity (Wildman–Crippen MR) is 118 cm³/mol. The van der Waals surface area contributed by atoms with E-state index in [0.29, 0.717) is 0 Å². The number of hydrogen-bond acceptors (Lipinski definition) is 1. The monoisotopic (exact) mass is 413 g/mol. The highest BCUT2D eigenvalue weighted by Crippen LogP contribution is 2.52. The third-order valence-corrected chi connectivity index (χ3v) is 6.18. The van der Waals surface area contributed by atoms with E-state index in [-0.39, 0.29) is 5.41 Å². The number of nitrogens with zero attached hydrogens (tertiary/aromatic N) is 1. The quantitative estimate of drug-likeness (QED) is 0.308. The fourth-order valence-corrected chi connectivity index (χ4v) is 4.63. The Balaban J connectivity index is 1.82. The summed E-state index contributed by atoms with van der Waals surface area (Å²) in [6.07, 6.45) is 0. The molecular formula is C25H20BrN. The van der Waals surface area contributed by atoms with Gasteiger partial charge in [-0.1, -0.05) is 78.3 Å². The average Bonchev–Trinajstić information content (AvgIpc) is 2.69. The van der Waals surface area contributed by atoms with Gasteiger partial charge in [-0.3, -0.25) is 0 Å². The van der Waals surface area contributed by atoms with Crippen LogP contribution in [0.1, 0.15) is 25.0 Å². The van der Waals surface area contributed by atoms with Crippen LogP contribution >= 0.6 is 15.9 Å². The molecule has 0 saturated carbocycles. The SMILES string of the molecule is CC1(C)c2ccccc2N(c2ccc3ccccc3c2)c2ccc(Br)cc21. The zero-order valence-electron chi connectivity index (χ0n) is 15.4. The van der Waals surface area contributed by atoms with Gasteiger partial charge in [0.25, 0.3) is 0 Å². The second-order valence-corrected chi connectivity index (χ2v) is 8.59. The first kappa shape index (κ1) is 16.6. The van der Waals surface area contributed by atoms with Gasteiger partial charge in [-0.15, -0.1) is 0 Å². The van der Waals surface area contributed by atoms with Crippen molar-refractivity contribution in [2.24, 2.45) is 0 Å². The third-order valence-electron chi connectivity index (χ3n) is 5.68. The van der Waals surface area contributed by atoms with Gasteiger partial charge in [0.2, 0.25) is 0 Å². The predicted octanol–water partition coefficient (Wildman–Crippen LogP) is 7.71. The first-order valence-electron chi connectivity index (χ1n) is 9.24. The zero-order chi connectivity index (χ0) is 18.6. The van der Waals surface area contributed by atoms with Crippen molar-refractivity contribution in [1.82, 2.24) is 0 Å². The molecule has 1 aliphatic rings. The molecule has 0 amide bonds. The maximum Gasteiger partial charge on any atom is 0.0503 e. The first-order chi connectivity index (χ1) is 13.1. The molecule has 1 aliphatic heterocycles. The minimum Gasteiger partial charge on any atom is -0.310 e. The zero-order valence-corrected chi connectivity index (χ0v) is 17.0. The number of fused-ring (bicyclic) bond motifs is 3. The van der Waals surface area contributed by atoms with Gasteiger partial charge in [-0.25, -0.2) is 0 Å². The van der Waals surface area contributed by atoms with Crippen LogP contribution < -0.4 is 4.90 Å². The second-order valence-electron chi connectivity index (χ2n) is 7.67. The van der Waals surface area contributed by atoms with E-state index in [2.05, 4.69) is 120 Å². The molecule has 1 heterocycles. The van der Waals surface area contributed by atoms with E-state index in [4.69, 9.17) is 0 Å². The van der Waals surface area contributed by atoms with Gasteiger partial charge < -0.3 is 4.90 Å². The number of benzene rings is 4. The largest absolute Gasteiger partial charge is 0.310 e. The molecule has 4 aromatic carbocycles. The Morgan fingerprint density at radius 3 is 2.22 bits per heavy atom. The summed E-state index contributed by atoms with van der Waals surface area (Å²) in [7, 11) is 0. The van der Waals surface area contributed by atoms with Gasteiger partial charge in [-0.2, -0.15) is 0 Å². The molecule has 5 rings (SSSR count). The third kappa shape index (κ3) is 2.51. The number of hydrogen-bond donors (Lipinski definition) is 0. The van der Waals surface area contributed by atoms with Crippen molar-refractivity contribution in [1.29, 1.82) is 0 Å². The summed E-state index contributed by atoms with van der Waals surface area (Å²) in [6, 6.07) is 30.7. The van der Waals surface area contributed by atoms with Crippen LogP contribution in [0.5, 0.6) is 0 Å². The molecular weight excluding hydrogens is 394 g/mol. The van der Waals surface area contributed by atoms with E-state index in [1.165, 1.54) is 39.0 Å². The average molecular weight is 414 g/mol. The van der Waals surface area contributed by atoms with Crippen LogP contribution in [-0.2, 0) is 5.41 Å². The van der Waals surface area contributed by atoms with Crippen molar-refractivity contribution < 1.29 is 0 Å². The number of halogens is 1. The molecule has 0 bridgehead atoms. The smallest absolute Gasteiger partial charge is 0.0503 e. The fourth-order valence-electron chi connectivity index (χ4n) is 4.27. The normalized spacial score (nSPS) is 14.7. The number of rotatable bonds is 1. The maximum atomic E-state index is 3.67. The standard InChI is InChI=1S/C25H20BrN/c1-25(2)21-9-5-6-10-23(21)27(24-14-12-19(26)16-22(24)25)20-13-11-17-7-3-4-8-18(17)15-20/h3-16H,1-2H3. The maximum absolute atomic E-state index is 3.67. The minimum atomic E-state index is -0.0525. The lowest BCUT2D eigenvalue weighted by molar-refractivity contribution is 0.631. The molecule has 27 heavy (non-hydrogen) atoms. The molecule has 132 valence electrons. The van der Waals surface area contributed by atoms with E-state index in [1.807, 2.05) is 0 Å². The Labute approximate surface area is 168 Å². The highest BCUT2D eigenvalue weighted by Gasteiger charge is 2.36. The Hall–Kier alpha value is -2.58. The molecule has 0 spiro atoms. The lowest BCUT2D eigenvalue weighted by Crippen LogP contribution is -2.30. The van der Waals surface area contributed by atoms with Crippen molar-refractivity contribution in [3.8, 4) is 0 Å². The van der Waals surface area contributed by atoms with Gasteiger partial charge in [0.05, 0.1) is 11.4 Å². The van der Waals surface area contributed by atoms with Gasteiger partial charge in [0.15, 0.2) is 0 Å². The first-order valence-corrected chi connectivity index (χ1v) is 10.0. The molecule has 1 nitrogen and oxygen atoms in total. The summed E-state index contributed by atoms with van der Waals surface area (Å²) in [5.41, 5.74) is 6.33. The van der Waals surface area contributed by atoms with Gasteiger partial charge >= 0.3 is 0 Å². The van der Waals surface area contributed by atoms with Gasteiger partial charge in [-0.05, 0) is 58.3 Å². The Bertz CT molecular complexity index is 1180. The molecule has 0 atom stereocenters. The topological polar surface area (TPSA) is 3.24 Å². The Morgan fingerprint density at radius 1 is 0.667 bits per heavy atom. The lowest BCUT2D eigenvalue weighted by Gasteiger charge is -2.42. The van der Waals surface area contributed by atoms with Crippen LogP contribution in [0.3, 0.4) is 0 Å². The summed E-state index contributed by atoms with van der Waals surface area (Å²) in [5, 5.41) is 2.53. The van der Waals surface area contributed by atoms with Crippen molar-refractivity contribution in [3.05, 3.63) is 101 Å². The molecule has 0 fully saturated rings. The van der Waals surface area contributed by atoms with Gasteiger partial charge in [0.1, 0.15) is 0 Å². The van der Waals surface area contributed by atoms with Crippen LogP contribution in [0.15, 0.2) is 89.4 Å². The van der Waals surface area contributed by atoms with Crippen LogP contribution in [0.25, 0.3) is 10.8 Å². The van der Waals surface area contributed by atoms with Crippen LogP contribution in [0.4, 0.5) is 17.1 Å².